The van der Waals surface area contributed by atoms with Gasteiger partial charge in [-0.2, -0.15) is 5.10 Å². The number of nitrogens with zero attached hydrogens (tertiary/aromatic N) is 2. The van der Waals surface area contributed by atoms with Gasteiger partial charge in [-0.3, -0.25) is 4.79 Å². The molecule has 128 valence electrons. The van der Waals surface area contributed by atoms with Crippen LogP contribution in [-0.2, 0) is 6.54 Å². The van der Waals surface area contributed by atoms with Gasteiger partial charge in [0, 0.05) is 16.9 Å². The predicted octanol–water partition coefficient (Wildman–Crippen LogP) is 4.87. The first-order chi connectivity index (χ1) is 11.9. The third kappa shape index (κ3) is 2.96. The Morgan fingerprint density at radius 1 is 1.16 bits per heavy atom. The lowest BCUT2D eigenvalue weighted by molar-refractivity contribution is 0.537. The summed E-state index contributed by atoms with van der Waals surface area (Å²) in [5, 5.41) is 6.25. The van der Waals surface area contributed by atoms with Gasteiger partial charge in [-0.05, 0) is 38.0 Å². The van der Waals surface area contributed by atoms with Gasteiger partial charge in [0.25, 0.3) is 5.56 Å². The van der Waals surface area contributed by atoms with Crippen molar-refractivity contribution < 1.29 is 0 Å². The smallest absolute Gasteiger partial charge is 0.267 e. The van der Waals surface area contributed by atoms with Crippen LogP contribution in [0.15, 0.2) is 47.3 Å². The van der Waals surface area contributed by atoms with Crippen LogP contribution in [0.4, 0.5) is 0 Å². The molecule has 1 fully saturated rings. The zero-order chi connectivity index (χ0) is 17.8. The van der Waals surface area contributed by atoms with Gasteiger partial charge in [-0.1, -0.05) is 35.9 Å². The average Bonchev–Trinajstić information content (AvgIpc) is 3.19. The monoisotopic (exact) mass is 372 g/mol. The maximum Gasteiger partial charge on any atom is 0.274 e. The highest BCUT2D eigenvalue weighted by molar-refractivity contribution is 6.50. The first-order valence-corrected chi connectivity index (χ1v) is 9.08. The number of hydrogen-bond donors (Lipinski definition) is 0. The maximum atomic E-state index is 12.9. The van der Waals surface area contributed by atoms with Crippen LogP contribution < -0.4 is 5.56 Å². The van der Waals surface area contributed by atoms with E-state index in [1.165, 1.54) is 4.68 Å². The summed E-state index contributed by atoms with van der Waals surface area (Å²) in [5.41, 5.74) is 4.06. The molecule has 0 spiro atoms. The van der Waals surface area contributed by atoms with Crippen molar-refractivity contribution in [1.82, 2.24) is 9.78 Å². The molecule has 1 aliphatic rings. The first kappa shape index (κ1) is 16.6. The van der Waals surface area contributed by atoms with Crippen LogP contribution in [0.5, 0.6) is 0 Å². The number of benzene rings is 2. The van der Waals surface area contributed by atoms with Gasteiger partial charge in [-0.15, -0.1) is 23.2 Å². The predicted molar refractivity (Wildman–Crippen MR) is 103 cm³/mol. The van der Waals surface area contributed by atoms with E-state index in [4.69, 9.17) is 28.3 Å². The zero-order valence-corrected chi connectivity index (χ0v) is 15.6. The van der Waals surface area contributed by atoms with Crippen molar-refractivity contribution in [3.8, 4) is 11.3 Å². The third-order valence-corrected chi connectivity index (χ3v) is 5.79. The summed E-state index contributed by atoms with van der Waals surface area (Å²) >= 11 is 12.3. The van der Waals surface area contributed by atoms with Crippen LogP contribution in [0.2, 0.25) is 0 Å². The van der Waals surface area contributed by atoms with Gasteiger partial charge in [0.05, 0.1) is 17.6 Å². The SMILES string of the molecule is Cc1ccc(C)c(-c2nn(C[C@H]3CC3(Cl)Cl)c(=O)c3ccccc23)c1. The van der Waals surface area contributed by atoms with Crippen LogP contribution in [0.1, 0.15) is 17.5 Å². The highest BCUT2D eigenvalue weighted by Crippen LogP contribution is 2.53. The Hall–Kier alpha value is -1.84. The van der Waals surface area contributed by atoms with E-state index in [0.717, 1.165) is 27.8 Å². The van der Waals surface area contributed by atoms with Gasteiger partial charge in [0.1, 0.15) is 4.33 Å². The molecule has 1 saturated carbocycles. The normalized spacial score (nSPS) is 18.5. The largest absolute Gasteiger partial charge is 0.274 e. The zero-order valence-electron chi connectivity index (χ0n) is 14.1. The molecule has 0 saturated heterocycles. The lowest BCUT2D eigenvalue weighted by atomic mass is 9.99. The van der Waals surface area contributed by atoms with Crippen LogP contribution in [0.3, 0.4) is 0 Å². The van der Waals surface area contributed by atoms with E-state index in [-0.39, 0.29) is 11.5 Å². The number of aromatic nitrogens is 2. The lowest BCUT2D eigenvalue weighted by Gasteiger charge is -2.13. The molecule has 1 aromatic heterocycles. The molecule has 0 bridgehead atoms. The summed E-state index contributed by atoms with van der Waals surface area (Å²) in [5.74, 6) is 0.0636. The molecule has 5 heteroatoms. The Morgan fingerprint density at radius 3 is 2.52 bits per heavy atom. The summed E-state index contributed by atoms with van der Waals surface area (Å²) in [6.07, 6.45) is 0.690. The second-order valence-corrected chi connectivity index (χ2v) is 8.40. The quantitative estimate of drug-likeness (QED) is 0.614. The first-order valence-electron chi connectivity index (χ1n) is 8.32. The molecule has 1 heterocycles. The number of aryl methyl sites for hydroxylation is 2. The van der Waals surface area contributed by atoms with Crippen LogP contribution in [0, 0.1) is 19.8 Å². The number of alkyl halides is 2. The number of halogens is 2. The molecule has 3 nitrogen and oxygen atoms in total. The fraction of sp³-hybridized carbons (Fsp3) is 0.300. The average molecular weight is 373 g/mol. The van der Waals surface area contributed by atoms with Crippen molar-refractivity contribution in [3.63, 3.8) is 0 Å². The van der Waals surface area contributed by atoms with Crippen molar-refractivity contribution >= 4 is 34.0 Å². The molecule has 0 aliphatic heterocycles. The molecule has 0 radical (unpaired) electrons. The molecule has 0 N–H and O–H groups in total. The molecule has 2 aromatic carbocycles. The van der Waals surface area contributed by atoms with Crippen molar-refractivity contribution in [2.45, 2.75) is 31.1 Å². The van der Waals surface area contributed by atoms with Crippen molar-refractivity contribution in [1.29, 1.82) is 0 Å². The highest BCUT2D eigenvalue weighted by atomic mass is 35.5. The summed E-state index contributed by atoms with van der Waals surface area (Å²) in [6, 6.07) is 13.9. The number of rotatable bonds is 3. The van der Waals surface area contributed by atoms with Crippen molar-refractivity contribution in [2.24, 2.45) is 5.92 Å². The fourth-order valence-electron chi connectivity index (χ4n) is 3.23. The molecule has 4 rings (SSSR count). The molecule has 0 amide bonds. The summed E-state index contributed by atoms with van der Waals surface area (Å²) in [4.78, 5) is 12.9. The standard InChI is InChI=1S/C20H18Cl2N2O/c1-12-7-8-13(2)17(9-12)18-15-5-3-4-6-16(15)19(25)24(23-18)11-14-10-20(14,21)22/h3-9,14H,10-11H2,1-2H3/t14-/m1/s1. The van der Waals surface area contributed by atoms with Crippen molar-refractivity contribution in [2.75, 3.05) is 0 Å². The Labute approximate surface area is 156 Å². The minimum Gasteiger partial charge on any atom is -0.267 e. The van der Waals surface area contributed by atoms with Gasteiger partial charge in [-0.25, -0.2) is 4.68 Å². The molecule has 25 heavy (non-hydrogen) atoms. The van der Waals surface area contributed by atoms with E-state index < -0.39 is 4.33 Å². The molecule has 0 unspecified atom stereocenters. The number of hydrogen-bond acceptors (Lipinski definition) is 2. The molecule has 1 aliphatic carbocycles. The second kappa shape index (κ2) is 5.86. The van der Waals surface area contributed by atoms with Crippen LogP contribution in [0.25, 0.3) is 22.0 Å². The second-order valence-electron chi connectivity index (χ2n) is 6.86. The van der Waals surface area contributed by atoms with E-state index in [0.29, 0.717) is 18.4 Å². The Balaban J connectivity index is 1.95. The minimum absolute atomic E-state index is 0.0636. The van der Waals surface area contributed by atoms with Gasteiger partial charge >= 0.3 is 0 Å². The van der Waals surface area contributed by atoms with Gasteiger partial charge < -0.3 is 0 Å². The van der Waals surface area contributed by atoms with E-state index >= 15 is 0 Å². The highest BCUT2D eigenvalue weighted by Gasteiger charge is 2.51. The van der Waals surface area contributed by atoms with Gasteiger partial charge in [0.15, 0.2) is 0 Å². The maximum absolute atomic E-state index is 12.9. The Kier molecular flexibility index (Phi) is 3.89. The van der Waals surface area contributed by atoms with Gasteiger partial charge in [0.2, 0.25) is 0 Å². The molecular weight excluding hydrogens is 355 g/mol. The molecule has 3 aromatic rings. The summed E-state index contributed by atoms with van der Waals surface area (Å²) in [6.45, 7) is 4.55. The van der Waals surface area contributed by atoms with Crippen LogP contribution >= 0.6 is 23.2 Å². The lowest BCUT2D eigenvalue weighted by Crippen LogP contribution is -2.25. The number of fused-ring (bicyclic) bond motifs is 1. The van der Waals surface area contributed by atoms with E-state index in [9.17, 15) is 4.79 Å². The summed E-state index contributed by atoms with van der Waals surface area (Å²) in [7, 11) is 0. The molecule has 1 atom stereocenters. The minimum atomic E-state index is -0.730. The topological polar surface area (TPSA) is 34.9 Å². The third-order valence-electron chi connectivity index (χ3n) is 4.86. The Bertz CT molecular complexity index is 1040. The van der Waals surface area contributed by atoms with Crippen LogP contribution in [-0.4, -0.2) is 14.1 Å². The van der Waals surface area contributed by atoms with Crippen molar-refractivity contribution in [3.05, 3.63) is 63.9 Å². The Morgan fingerprint density at radius 2 is 1.84 bits per heavy atom. The fourth-order valence-corrected chi connectivity index (χ4v) is 3.74. The van der Waals surface area contributed by atoms with E-state index in [1.807, 2.05) is 24.3 Å². The molecular formula is C20H18Cl2N2O. The van der Waals surface area contributed by atoms with E-state index in [2.05, 4.69) is 32.0 Å². The van der Waals surface area contributed by atoms with E-state index in [1.54, 1.807) is 0 Å². The summed E-state index contributed by atoms with van der Waals surface area (Å²) < 4.78 is 0.794.